The van der Waals surface area contributed by atoms with E-state index < -0.39 is 5.54 Å². The van der Waals surface area contributed by atoms with Crippen molar-refractivity contribution in [2.75, 3.05) is 5.32 Å². The number of benzene rings is 1. The van der Waals surface area contributed by atoms with Crippen molar-refractivity contribution in [2.45, 2.75) is 19.4 Å². The molecule has 0 saturated carbocycles. The van der Waals surface area contributed by atoms with E-state index in [2.05, 4.69) is 10.3 Å². The predicted molar refractivity (Wildman–Crippen MR) is 75.6 cm³/mol. The van der Waals surface area contributed by atoms with Crippen molar-refractivity contribution in [3.8, 4) is 0 Å². The number of aryl methyl sites for hydroxylation is 1. The van der Waals surface area contributed by atoms with Crippen LogP contribution in [0.4, 0.5) is 5.69 Å². The molecule has 4 heteroatoms. The Bertz CT molecular complexity index is 562. The first-order valence-corrected chi connectivity index (χ1v) is 6.08. The fourth-order valence-electron chi connectivity index (χ4n) is 1.68. The molecule has 0 aliphatic rings. The van der Waals surface area contributed by atoms with Crippen molar-refractivity contribution in [2.24, 2.45) is 5.73 Å². The molecule has 1 amide bonds. The average molecular weight is 255 g/mol. The number of nitrogens with one attached hydrogen (secondary N) is 1. The van der Waals surface area contributed by atoms with E-state index in [4.69, 9.17) is 5.73 Å². The van der Waals surface area contributed by atoms with Crippen LogP contribution in [0.1, 0.15) is 18.2 Å². The molecule has 2 aromatic rings. The number of aromatic nitrogens is 1. The van der Waals surface area contributed by atoms with E-state index in [1.54, 1.807) is 25.3 Å². The van der Waals surface area contributed by atoms with Gasteiger partial charge in [-0.2, -0.15) is 0 Å². The number of anilines is 1. The van der Waals surface area contributed by atoms with E-state index in [1.165, 1.54) is 0 Å². The molecule has 0 unspecified atom stereocenters. The van der Waals surface area contributed by atoms with Crippen molar-refractivity contribution in [3.05, 3.63) is 59.9 Å². The molecule has 19 heavy (non-hydrogen) atoms. The zero-order valence-corrected chi connectivity index (χ0v) is 11.1. The second-order valence-corrected chi connectivity index (χ2v) is 4.74. The molecule has 1 aromatic carbocycles. The van der Waals surface area contributed by atoms with Gasteiger partial charge in [0.2, 0.25) is 5.91 Å². The Kier molecular flexibility index (Phi) is 3.62. The van der Waals surface area contributed by atoms with Crippen LogP contribution in [0.5, 0.6) is 0 Å². The van der Waals surface area contributed by atoms with E-state index in [1.807, 2.05) is 37.3 Å². The minimum atomic E-state index is -1.16. The van der Waals surface area contributed by atoms with E-state index in [0.717, 1.165) is 11.3 Å². The third-order valence-corrected chi connectivity index (χ3v) is 2.98. The summed E-state index contributed by atoms with van der Waals surface area (Å²) in [6, 6.07) is 12.9. The third-order valence-electron chi connectivity index (χ3n) is 2.98. The maximum Gasteiger partial charge on any atom is 0.250 e. The lowest BCUT2D eigenvalue weighted by Crippen LogP contribution is -2.46. The Morgan fingerprint density at radius 2 is 1.89 bits per heavy atom. The molecule has 4 nitrogen and oxygen atoms in total. The van der Waals surface area contributed by atoms with E-state index in [0.29, 0.717) is 5.69 Å². The SMILES string of the molecule is Cc1ccc(NC(=O)[C@](C)(N)c2ccccn2)cc1. The molecule has 0 aliphatic heterocycles. The Balaban J connectivity index is 2.17. The van der Waals surface area contributed by atoms with Crippen LogP contribution in [0.3, 0.4) is 0 Å². The van der Waals surface area contributed by atoms with Gasteiger partial charge in [-0.15, -0.1) is 0 Å². The largest absolute Gasteiger partial charge is 0.324 e. The maximum absolute atomic E-state index is 12.2. The van der Waals surface area contributed by atoms with Crippen molar-refractivity contribution in [1.82, 2.24) is 4.98 Å². The van der Waals surface area contributed by atoms with Crippen LogP contribution < -0.4 is 11.1 Å². The van der Waals surface area contributed by atoms with Gasteiger partial charge in [0.1, 0.15) is 5.54 Å². The molecule has 0 spiro atoms. The standard InChI is InChI=1S/C15H17N3O/c1-11-6-8-12(9-7-11)18-14(19)15(2,16)13-5-3-4-10-17-13/h3-10H,16H2,1-2H3,(H,18,19)/t15-/m1/s1. The van der Waals surface area contributed by atoms with Gasteiger partial charge < -0.3 is 11.1 Å². The highest BCUT2D eigenvalue weighted by Gasteiger charge is 2.31. The molecule has 0 radical (unpaired) electrons. The van der Waals surface area contributed by atoms with Gasteiger partial charge in [0.25, 0.3) is 0 Å². The molecular weight excluding hydrogens is 238 g/mol. The monoisotopic (exact) mass is 255 g/mol. The summed E-state index contributed by atoms with van der Waals surface area (Å²) < 4.78 is 0. The summed E-state index contributed by atoms with van der Waals surface area (Å²) in [6.45, 7) is 3.64. The van der Waals surface area contributed by atoms with E-state index >= 15 is 0 Å². The predicted octanol–water partition coefficient (Wildman–Crippen LogP) is 2.20. The zero-order valence-electron chi connectivity index (χ0n) is 11.1. The summed E-state index contributed by atoms with van der Waals surface area (Å²) in [4.78, 5) is 16.4. The molecule has 0 fully saturated rings. The number of rotatable bonds is 3. The Morgan fingerprint density at radius 1 is 1.21 bits per heavy atom. The zero-order chi connectivity index (χ0) is 13.9. The van der Waals surface area contributed by atoms with Crippen LogP contribution in [-0.2, 0) is 10.3 Å². The van der Waals surface area contributed by atoms with Gasteiger partial charge >= 0.3 is 0 Å². The number of nitrogens with two attached hydrogens (primary N) is 1. The quantitative estimate of drug-likeness (QED) is 0.883. The normalized spacial score (nSPS) is 13.6. The van der Waals surface area contributed by atoms with Crippen LogP contribution >= 0.6 is 0 Å². The lowest BCUT2D eigenvalue weighted by atomic mass is 9.97. The fourth-order valence-corrected chi connectivity index (χ4v) is 1.68. The third kappa shape index (κ3) is 2.98. The molecular formula is C15H17N3O. The van der Waals surface area contributed by atoms with Crippen molar-refractivity contribution < 1.29 is 4.79 Å². The molecule has 1 atom stereocenters. The van der Waals surface area contributed by atoms with Gasteiger partial charge in [-0.25, -0.2) is 0 Å². The van der Waals surface area contributed by atoms with Crippen molar-refractivity contribution in [1.29, 1.82) is 0 Å². The van der Waals surface area contributed by atoms with Crippen molar-refractivity contribution in [3.63, 3.8) is 0 Å². The molecule has 98 valence electrons. The highest BCUT2D eigenvalue weighted by molar-refractivity contribution is 5.98. The van der Waals surface area contributed by atoms with Crippen LogP contribution in [0.15, 0.2) is 48.7 Å². The summed E-state index contributed by atoms with van der Waals surface area (Å²) in [5, 5.41) is 2.80. The molecule has 2 rings (SSSR count). The molecule has 0 saturated heterocycles. The number of carbonyl (C=O) groups excluding carboxylic acids is 1. The first-order chi connectivity index (χ1) is 9.00. The van der Waals surface area contributed by atoms with Gasteiger partial charge in [0, 0.05) is 11.9 Å². The van der Waals surface area contributed by atoms with Crippen molar-refractivity contribution >= 4 is 11.6 Å². The summed E-state index contributed by atoms with van der Waals surface area (Å²) in [7, 11) is 0. The summed E-state index contributed by atoms with van der Waals surface area (Å²) in [5.41, 5.74) is 7.33. The van der Waals surface area contributed by atoms with E-state index in [-0.39, 0.29) is 5.91 Å². The van der Waals surface area contributed by atoms with Gasteiger partial charge in [-0.05, 0) is 38.1 Å². The number of carbonyl (C=O) groups is 1. The Hall–Kier alpha value is -2.20. The number of nitrogens with zero attached hydrogens (tertiary/aromatic N) is 1. The van der Waals surface area contributed by atoms with Gasteiger partial charge in [0.15, 0.2) is 0 Å². The Labute approximate surface area is 112 Å². The Morgan fingerprint density at radius 3 is 2.47 bits per heavy atom. The second-order valence-electron chi connectivity index (χ2n) is 4.74. The highest BCUT2D eigenvalue weighted by atomic mass is 16.2. The van der Waals surface area contributed by atoms with Gasteiger partial charge in [-0.1, -0.05) is 23.8 Å². The number of pyridine rings is 1. The van der Waals surface area contributed by atoms with Crippen LogP contribution in [0.2, 0.25) is 0 Å². The van der Waals surface area contributed by atoms with Gasteiger partial charge in [0.05, 0.1) is 5.69 Å². The molecule has 1 aromatic heterocycles. The molecule has 0 aliphatic carbocycles. The van der Waals surface area contributed by atoms with Crippen LogP contribution in [0.25, 0.3) is 0 Å². The summed E-state index contributed by atoms with van der Waals surface area (Å²) in [5.74, 6) is -0.282. The molecule has 1 heterocycles. The smallest absolute Gasteiger partial charge is 0.250 e. The highest BCUT2D eigenvalue weighted by Crippen LogP contribution is 2.18. The second kappa shape index (κ2) is 5.20. The minimum Gasteiger partial charge on any atom is -0.324 e. The maximum atomic E-state index is 12.2. The minimum absolute atomic E-state index is 0.282. The first kappa shape index (κ1) is 13.2. The molecule has 0 bridgehead atoms. The summed E-state index contributed by atoms with van der Waals surface area (Å²) in [6.07, 6.45) is 1.62. The first-order valence-electron chi connectivity index (χ1n) is 6.08. The van der Waals surface area contributed by atoms with Crippen LogP contribution in [0, 0.1) is 6.92 Å². The average Bonchev–Trinajstić information content (AvgIpc) is 2.42. The fraction of sp³-hybridized carbons (Fsp3) is 0.200. The number of hydrogen-bond acceptors (Lipinski definition) is 3. The number of amides is 1. The number of hydrogen-bond donors (Lipinski definition) is 2. The van der Waals surface area contributed by atoms with Crippen LogP contribution in [-0.4, -0.2) is 10.9 Å². The topological polar surface area (TPSA) is 68.0 Å². The van der Waals surface area contributed by atoms with E-state index in [9.17, 15) is 4.79 Å². The lowest BCUT2D eigenvalue weighted by molar-refractivity contribution is -0.121. The summed E-state index contributed by atoms with van der Waals surface area (Å²) >= 11 is 0. The lowest BCUT2D eigenvalue weighted by Gasteiger charge is -2.22. The van der Waals surface area contributed by atoms with Gasteiger partial charge in [-0.3, -0.25) is 9.78 Å². The molecule has 3 N–H and O–H groups in total.